The lowest BCUT2D eigenvalue weighted by molar-refractivity contribution is 0.102. The van der Waals surface area contributed by atoms with E-state index in [1.165, 1.54) is 0 Å². The molecule has 168 valence electrons. The number of carbonyl (C=O) groups is 2. The Morgan fingerprint density at radius 2 is 1.64 bits per heavy atom. The molecule has 1 saturated heterocycles. The van der Waals surface area contributed by atoms with Gasteiger partial charge in [-0.2, -0.15) is 0 Å². The van der Waals surface area contributed by atoms with E-state index in [0.717, 1.165) is 40.6 Å². The molecule has 3 N–H and O–H groups in total. The number of likely N-dealkylation sites (tertiary alicyclic amines) is 1. The summed E-state index contributed by atoms with van der Waals surface area (Å²) in [6.07, 6.45) is 3.88. The molecule has 2 heterocycles. The van der Waals surface area contributed by atoms with Gasteiger partial charge in [-0.3, -0.25) is 15.0 Å². The summed E-state index contributed by atoms with van der Waals surface area (Å²) >= 11 is 2.15. The van der Waals surface area contributed by atoms with E-state index < -0.39 is 0 Å². The van der Waals surface area contributed by atoms with Crippen molar-refractivity contribution in [1.29, 1.82) is 5.41 Å². The number of rotatable bonds is 5. The molecule has 1 aromatic heterocycles. The minimum Gasteiger partial charge on any atom is -0.357 e. The van der Waals surface area contributed by atoms with Crippen molar-refractivity contribution in [3.63, 3.8) is 0 Å². The SMILES string of the molecule is Cc1ccc(NC(=O)c2ccc(C(=N)N3CCCC3)cc2)c(C(=O)Nc2ccc(I)cn2)c1. The van der Waals surface area contributed by atoms with Crippen LogP contribution in [0.5, 0.6) is 0 Å². The summed E-state index contributed by atoms with van der Waals surface area (Å²) in [6.45, 7) is 3.69. The summed E-state index contributed by atoms with van der Waals surface area (Å²) in [5.41, 5.74) is 2.92. The molecule has 2 aromatic carbocycles. The molecule has 1 aliphatic heterocycles. The van der Waals surface area contributed by atoms with E-state index in [1.807, 2.05) is 19.1 Å². The molecule has 0 unspecified atom stereocenters. The number of carbonyl (C=O) groups excluding carboxylic acids is 2. The average molecular weight is 553 g/mol. The highest BCUT2D eigenvalue weighted by atomic mass is 127. The Labute approximate surface area is 206 Å². The van der Waals surface area contributed by atoms with E-state index in [1.54, 1.807) is 48.7 Å². The molecule has 0 spiro atoms. The van der Waals surface area contributed by atoms with Crippen molar-refractivity contribution in [2.75, 3.05) is 23.7 Å². The first-order valence-corrected chi connectivity index (χ1v) is 11.8. The lowest BCUT2D eigenvalue weighted by Crippen LogP contribution is -2.27. The summed E-state index contributed by atoms with van der Waals surface area (Å²) in [7, 11) is 0. The van der Waals surface area contributed by atoms with E-state index in [9.17, 15) is 9.59 Å². The minimum atomic E-state index is -0.350. The molecule has 4 rings (SSSR count). The quantitative estimate of drug-likeness (QED) is 0.237. The predicted octanol–water partition coefficient (Wildman–Crippen LogP) is 4.92. The number of anilines is 2. The second-order valence-corrected chi connectivity index (χ2v) is 9.18. The molecule has 0 radical (unpaired) electrons. The molecule has 0 saturated carbocycles. The van der Waals surface area contributed by atoms with Crippen molar-refractivity contribution >= 4 is 51.7 Å². The second-order valence-electron chi connectivity index (χ2n) is 7.94. The number of nitrogens with zero attached hydrogens (tertiary/aromatic N) is 2. The third-order valence-electron chi connectivity index (χ3n) is 5.48. The van der Waals surface area contributed by atoms with Gasteiger partial charge < -0.3 is 15.5 Å². The van der Waals surface area contributed by atoms with Crippen molar-refractivity contribution in [2.24, 2.45) is 0 Å². The highest BCUT2D eigenvalue weighted by Crippen LogP contribution is 2.21. The first-order chi connectivity index (χ1) is 15.9. The van der Waals surface area contributed by atoms with Crippen molar-refractivity contribution in [3.8, 4) is 0 Å². The molecule has 1 fully saturated rings. The first kappa shape index (κ1) is 22.9. The highest BCUT2D eigenvalue weighted by Gasteiger charge is 2.18. The summed E-state index contributed by atoms with van der Waals surface area (Å²) < 4.78 is 0.968. The third-order valence-corrected chi connectivity index (χ3v) is 6.12. The van der Waals surface area contributed by atoms with Crippen molar-refractivity contribution in [1.82, 2.24) is 9.88 Å². The number of amidine groups is 1. The zero-order valence-corrected chi connectivity index (χ0v) is 20.3. The van der Waals surface area contributed by atoms with Gasteiger partial charge in [-0.25, -0.2) is 4.98 Å². The van der Waals surface area contributed by atoms with Crippen LogP contribution in [0, 0.1) is 15.9 Å². The maximum absolute atomic E-state index is 12.9. The van der Waals surface area contributed by atoms with Gasteiger partial charge in [0.2, 0.25) is 0 Å². The van der Waals surface area contributed by atoms with Gasteiger partial charge in [-0.15, -0.1) is 0 Å². The van der Waals surface area contributed by atoms with Gasteiger partial charge in [0.25, 0.3) is 11.8 Å². The zero-order valence-electron chi connectivity index (χ0n) is 18.2. The summed E-state index contributed by atoms with van der Waals surface area (Å²) in [4.78, 5) is 32.0. The molecule has 0 aliphatic carbocycles. The number of nitrogens with one attached hydrogen (secondary N) is 3. The zero-order chi connectivity index (χ0) is 23.4. The van der Waals surface area contributed by atoms with E-state index in [4.69, 9.17) is 5.41 Å². The molecule has 7 nitrogen and oxygen atoms in total. The van der Waals surface area contributed by atoms with Gasteiger partial charge in [-0.05, 0) is 78.8 Å². The van der Waals surface area contributed by atoms with Crippen LogP contribution in [0.4, 0.5) is 11.5 Å². The van der Waals surface area contributed by atoms with Gasteiger partial charge in [0.15, 0.2) is 0 Å². The summed E-state index contributed by atoms with van der Waals surface area (Å²) in [5, 5.41) is 14.0. The topological polar surface area (TPSA) is 98.2 Å². The third kappa shape index (κ3) is 5.57. The van der Waals surface area contributed by atoms with Crippen molar-refractivity contribution < 1.29 is 9.59 Å². The number of hydrogen-bond acceptors (Lipinski definition) is 4. The van der Waals surface area contributed by atoms with E-state index in [0.29, 0.717) is 28.5 Å². The maximum Gasteiger partial charge on any atom is 0.258 e. The molecular formula is C25H24IN5O2. The van der Waals surface area contributed by atoms with E-state index in [2.05, 4.69) is 43.1 Å². The van der Waals surface area contributed by atoms with Crippen LogP contribution in [0.25, 0.3) is 0 Å². The molecule has 33 heavy (non-hydrogen) atoms. The van der Waals surface area contributed by atoms with Crippen LogP contribution in [-0.2, 0) is 0 Å². The standard InChI is InChI=1S/C25H24IN5O2/c1-16-4-10-21(20(14-16)25(33)30-22-11-9-19(26)15-28-22)29-24(32)18-7-5-17(6-8-18)23(27)31-12-2-3-13-31/h4-11,14-15,27H,2-3,12-13H2,1H3,(H,29,32)(H,28,30,33). The minimum absolute atomic E-state index is 0.320. The van der Waals surface area contributed by atoms with Gasteiger partial charge in [0.05, 0.1) is 11.3 Å². The molecule has 8 heteroatoms. The normalized spacial score (nSPS) is 13.0. The fourth-order valence-corrected chi connectivity index (χ4v) is 4.00. The molecule has 0 bridgehead atoms. The number of aryl methyl sites for hydroxylation is 1. The Balaban J connectivity index is 1.49. The van der Waals surface area contributed by atoms with Gasteiger partial charge in [-0.1, -0.05) is 23.8 Å². The Kier molecular flexibility index (Phi) is 7.02. The van der Waals surface area contributed by atoms with Gasteiger partial charge in [0.1, 0.15) is 11.7 Å². The van der Waals surface area contributed by atoms with Crippen LogP contribution in [0.15, 0.2) is 60.8 Å². The van der Waals surface area contributed by atoms with Crippen LogP contribution in [-0.4, -0.2) is 40.6 Å². The summed E-state index contributed by atoms with van der Waals surface area (Å²) in [6, 6.07) is 15.9. The number of aromatic nitrogens is 1. The maximum atomic E-state index is 12.9. The van der Waals surface area contributed by atoms with E-state index >= 15 is 0 Å². The smallest absolute Gasteiger partial charge is 0.258 e. The fourth-order valence-electron chi connectivity index (χ4n) is 3.69. The van der Waals surface area contributed by atoms with E-state index in [-0.39, 0.29) is 11.8 Å². The molecule has 1 aliphatic rings. The Bertz CT molecular complexity index is 1190. The largest absolute Gasteiger partial charge is 0.357 e. The number of amides is 2. The Hall–Kier alpha value is -3.27. The second kappa shape index (κ2) is 10.1. The molecule has 0 atom stereocenters. The monoisotopic (exact) mass is 553 g/mol. The average Bonchev–Trinajstić information content (AvgIpc) is 3.36. The van der Waals surface area contributed by atoms with Crippen LogP contribution in [0.2, 0.25) is 0 Å². The molecular weight excluding hydrogens is 529 g/mol. The van der Waals surface area contributed by atoms with Crippen LogP contribution in [0.1, 0.15) is 44.7 Å². The predicted molar refractivity (Wildman–Crippen MR) is 138 cm³/mol. The number of pyridine rings is 1. The van der Waals surface area contributed by atoms with Crippen LogP contribution >= 0.6 is 22.6 Å². The van der Waals surface area contributed by atoms with Crippen molar-refractivity contribution in [3.05, 3.63) is 86.6 Å². The lowest BCUT2D eigenvalue weighted by Gasteiger charge is -2.18. The summed E-state index contributed by atoms with van der Waals surface area (Å²) in [5.74, 6) is 0.257. The van der Waals surface area contributed by atoms with Gasteiger partial charge in [0, 0.05) is 34.0 Å². The lowest BCUT2D eigenvalue weighted by atomic mass is 10.1. The number of hydrogen-bond donors (Lipinski definition) is 3. The number of halogens is 1. The Morgan fingerprint density at radius 1 is 0.939 bits per heavy atom. The Morgan fingerprint density at radius 3 is 2.30 bits per heavy atom. The first-order valence-electron chi connectivity index (χ1n) is 10.7. The van der Waals surface area contributed by atoms with Crippen molar-refractivity contribution in [2.45, 2.75) is 19.8 Å². The fraction of sp³-hybridized carbons (Fsp3) is 0.200. The van der Waals surface area contributed by atoms with Gasteiger partial charge >= 0.3 is 0 Å². The van der Waals surface area contributed by atoms with Crippen LogP contribution in [0.3, 0.4) is 0 Å². The highest BCUT2D eigenvalue weighted by molar-refractivity contribution is 14.1. The molecule has 2 amide bonds. The number of benzene rings is 2. The molecule has 3 aromatic rings. The van der Waals surface area contributed by atoms with Crippen LogP contribution < -0.4 is 10.6 Å².